The average Bonchev–Trinajstić information content (AvgIpc) is 1.99. The number of hydrogen-bond donors (Lipinski definition) is 1. The minimum absolute atomic E-state index is 0.101. The molecule has 2 heteroatoms. The lowest BCUT2D eigenvalue weighted by molar-refractivity contribution is 0.114. The number of hydrogen-bond acceptors (Lipinski definition) is 1. The Morgan fingerprint density at radius 3 is 2.78 bits per heavy atom. The van der Waals surface area contributed by atoms with Crippen LogP contribution >= 0.6 is 0 Å². The van der Waals surface area contributed by atoms with Crippen molar-refractivity contribution in [2.45, 2.75) is 25.9 Å². The van der Waals surface area contributed by atoms with Crippen LogP contribution in [0.3, 0.4) is 0 Å². The lowest BCUT2D eigenvalue weighted by Crippen LogP contribution is -2.16. The van der Waals surface area contributed by atoms with Gasteiger partial charge in [0.15, 0.2) is 0 Å². The molecule has 2 atom stereocenters. The van der Waals surface area contributed by atoms with Crippen molar-refractivity contribution >= 4 is 0 Å². The molecule has 0 aromatic carbocycles. The van der Waals surface area contributed by atoms with Crippen LogP contribution in [0.2, 0.25) is 0 Å². The van der Waals surface area contributed by atoms with Crippen LogP contribution in [0.1, 0.15) is 19.8 Å². The fourth-order valence-corrected chi connectivity index (χ4v) is 1.11. The SMILES string of the molecule is CC1CC[N-]CCC1O. The topological polar surface area (TPSA) is 34.3 Å². The highest BCUT2D eigenvalue weighted by Gasteiger charge is 2.11. The van der Waals surface area contributed by atoms with Crippen LogP contribution < -0.4 is 0 Å². The van der Waals surface area contributed by atoms with E-state index in [0.29, 0.717) is 5.92 Å². The van der Waals surface area contributed by atoms with Gasteiger partial charge in [-0.3, -0.25) is 0 Å². The number of aliphatic hydroxyl groups excluding tert-OH is 1. The molecule has 9 heavy (non-hydrogen) atoms. The summed E-state index contributed by atoms with van der Waals surface area (Å²) < 4.78 is 0. The molecule has 0 radical (unpaired) electrons. The van der Waals surface area contributed by atoms with E-state index in [0.717, 1.165) is 25.9 Å². The number of nitrogens with zero attached hydrogens (tertiary/aromatic N) is 1. The van der Waals surface area contributed by atoms with Crippen molar-refractivity contribution in [2.75, 3.05) is 13.1 Å². The fourth-order valence-electron chi connectivity index (χ4n) is 1.11. The summed E-state index contributed by atoms with van der Waals surface area (Å²) in [5.41, 5.74) is 0. The maximum Gasteiger partial charge on any atom is 0.0548 e. The van der Waals surface area contributed by atoms with E-state index in [2.05, 4.69) is 12.2 Å². The van der Waals surface area contributed by atoms with Crippen molar-refractivity contribution in [3.05, 3.63) is 5.32 Å². The lowest BCUT2D eigenvalue weighted by Gasteiger charge is -2.14. The van der Waals surface area contributed by atoms with Crippen LogP contribution in [0, 0.1) is 5.92 Å². The van der Waals surface area contributed by atoms with Crippen molar-refractivity contribution in [3.63, 3.8) is 0 Å². The van der Waals surface area contributed by atoms with E-state index in [4.69, 9.17) is 0 Å². The van der Waals surface area contributed by atoms with Crippen LogP contribution in [0.15, 0.2) is 0 Å². The molecule has 2 unspecified atom stereocenters. The molecule has 0 amide bonds. The quantitative estimate of drug-likeness (QED) is 0.521. The van der Waals surface area contributed by atoms with Gasteiger partial charge in [-0.15, -0.1) is 13.1 Å². The third kappa shape index (κ3) is 1.95. The van der Waals surface area contributed by atoms with Crippen LogP contribution in [-0.4, -0.2) is 24.3 Å². The van der Waals surface area contributed by atoms with Crippen molar-refractivity contribution in [2.24, 2.45) is 5.92 Å². The average molecular weight is 128 g/mol. The minimum Gasteiger partial charge on any atom is -0.662 e. The van der Waals surface area contributed by atoms with Crippen molar-refractivity contribution in [3.8, 4) is 0 Å². The second-order valence-electron chi connectivity index (χ2n) is 2.79. The molecule has 1 N–H and O–H groups in total. The highest BCUT2D eigenvalue weighted by Crippen LogP contribution is 2.17. The number of rotatable bonds is 0. The summed E-state index contributed by atoms with van der Waals surface area (Å²) in [6.45, 7) is 3.88. The molecule has 1 aliphatic heterocycles. The maximum absolute atomic E-state index is 9.30. The monoisotopic (exact) mass is 128 g/mol. The Hall–Kier alpha value is -0.0800. The van der Waals surface area contributed by atoms with E-state index in [1.54, 1.807) is 0 Å². The summed E-state index contributed by atoms with van der Waals surface area (Å²) in [6, 6.07) is 0. The molecule has 54 valence electrons. The lowest BCUT2D eigenvalue weighted by atomic mass is 10.0. The predicted octanol–water partition coefficient (Wildman–Crippen LogP) is 1.15. The standard InChI is InChI=1S/C7H14NO/c1-6-2-4-8-5-3-7(6)9/h6-7,9H,2-5H2,1H3/q-1. The fraction of sp³-hybridized carbons (Fsp3) is 1.00. The molecule has 0 aromatic heterocycles. The van der Waals surface area contributed by atoms with Gasteiger partial charge in [0, 0.05) is 0 Å². The third-order valence-corrected chi connectivity index (χ3v) is 1.98. The summed E-state index contributed by atoms with van der Waals surface area (Å²) in [5.74, 6) is 0.455. The molecule has 1 fully saturated rings. The van der Waals surface area contributed by atoms with Gasteiger partial charge in [0.05, 0.1) is 6.10 Å². The Kier molecular flexibility index (Phi) is 2.49. The van der Waals surface area contributed by atoms with Gasteiger partial charge in [-0.2, -0.15) is 0 Å². The Morgan fingerprint density at radius 1 is 1.33 bits per heavy atom. The predicted molar refractivity (Wildman–Crippen MR) is 37.5 cm³/mol. The van der Waals surface area contributed by atoms with Gasteiger partial charge in [0.1, 0.15) is 0 Å². The van der Waals surface area contributed by atoms with E-state index < -0.39 is 0 Å². The third-order valence-electron chi connectivity index (χ3n) is 1.98. The molecule has 1 rings (SSSR count). The van der Waals surface area contributed by atoms with Gasteiger partial charge in [-0.1, -0.05) is 13.3 Å². The summed E-state index contributed by atoms with van der Waals surface area (Å²) in [7, 11) is 0. The molecular formula is C7H14NO-. The van der Waals surface area contributed by atoms with Gasteiger partial charge in [0.25, 0.3) is 0 Å². The van der Waals surface area contributed by atoms with E-state index in [9.17, 15) is 5.11 Å². The van der Waals surface area contributed by atoms with Gasteiger partial charge < -0.3 is 10.4 Å². The highest BCUT2D eigenvalue weighted by atomic mass is 16.3. The van der Waals surface area contributed by atoms with E-state index in [1.165, 1.54) is 0 Å². The van der Waals surface area contributed by atoms with Gasteiger partial charge in [-0.25, -0.2) is 0 Å². The molecule has 0 aliphatic carbocycles. The summed E-state index contributed by atoms with van der Waals surface area (Å²) in [4.78, 5) is 0. The molecule has 0 aromatic rings. The molecule has 2 nitrogen and oxygen atoms in total. The van der Waals surface area contributed by atoms with Crippen molar-refractivity contribution in [1.29, 1.82) is 0 Å². The van der Waals surface area contributed by atoms with E-state index in [1.807, 2.05) is 0 Å². The minimum atomic E-state index is -0.101. The first-order chi connectivity index (χ1) is 4.30. The molecule has 0 spiro atoms. The smallest absolute Gasteiger partial charge is 0.0548 e. The molecule has 1 aliphatic rings. The zero-order chi connectivity index (χ0) is 6.69. The molecule has 1 heterocycles. The normalized spacial score (nSPS) is 38.0. The zero-order valence-corrected chi connectivity index (χ0v) is 5.88. The first kappa shape index (κ1) is 7.03. The van der Waals surface area contributed by atoms with Crippen LogP contribution in [0.5, 0.6) is 0 Å². The van der Waals surface area contributed by atoms with Crippen molar-refractivity contribution in [1.82, 2.24) is 0 Å². The largest absolute Gasteiger partial charge is 0.662 e. The zero-order valence-electron chi connectivity index (χ0n) is 5.88. The first-order valence-electron chi connectivity index (χ1n) is 3.62. The second kappa shape index (κ2) is 3.18. The molecular weight excluding hydrogens is 114 g/mol. The van der Waals surface area contributed by atoms with Crippen LogP contribution in [-0.2, 0) is 0 Å². The van der Waals surface area contributed by atoms with E-state index >= 15 is 0 Å². The van der Waals surface area contributed by atoms with Gasteiger partial charge in [-0.05, 0) is 12.3 Å². The van der Waals surface area contributed by atoms with Gasteiger partial charge in [0.2, 0.25) is 0 Å². The summed E-state index contributed by atoms with van der Waals surface area (Å²) in [5, 5.41) is 13.5. The highest BCUT2D eigenvalue weighted by molar-refractivity contribution is 4.86. The van der Waals surface area contributed by atoms with Crippen molar-refractivity contribution < 1.29 is 5.11 Å². The number of aliphatic hydroxyl groups is 1. The second-order valence-corrected chi connectivity index (χ2v) is 2.79. The summed E-state index contributed by atoms with van der Waals surface area (Å²) in [6.07, 6.45) is 1.82. The molecule has 0 saturated carbocycles. The van der Waals surface area contributed by atoms with E-state index in [-0.39, 0.29) is 6.10 Å². The maximum atomic E-state index is 9.30. The Balaban J connectivity index is 2.32. The molecule has 1 saturated heterocycles. The van der Waals surface area contributed by atoms with Crippen LogP contribution in [0.25, 0.3) is 5.32 Å². The summed E-state index contributed by atoms with van der Waals surface area (Å²) >= 11 is 0. The van der Waals surface area contributed by atoms with Crippen LogP contribution in [0.4, 0.5) is 0 Å². The first-order valence-corrected chi connectivity index (χ1v) is 3.62. The Bertz CT molecular complexity index is 75.0. The Morgan fingerprint density at radius 2 is 2.00 bits per heavy atom. The van der Waals surface area contributed by atoms with Gasteiger partial charge >= 0.3 is 0 Å². The molecule has 0 bridgehead atoms. The Labute approximate surface area is 56.3 Å².